The molecule has 3 aromatic carbocycles. The molecule has 0 spiro atoms. The van der Waals surface area contributed by atoms with E-state index < -0.39 is 0 Å². The fourth-order valence-corrected chi connectivity index (χ4v) is 4.79. The number of aryl methyl sites for hydroxylation is 1. The van der Waals surface area contributed by atoms with E-state index in [0.717, 1.165) is 13.0 Å². The average Bonchev–Trinajstić information content (AvgIpc) is 2.84. The monoisotopic (exact) mass is 390 g/mol. The van der Waals surface area contributed by atoms with E-state index in [1.54, 1.807) is 5.56 Å². The molecule has 1 aliphatic rings. The molecule has 1 nitrogen and oxygen atoms in total. The first-order chi connectivity index (χ1) is 14.9. The molecular formula is C29H28N+. The van der Waals surface area contributed by atoms with Crippen molar-refractivity contribution in [3.63, 3.8) is 0 Å². The Kier molecular flexibility index (Phi) is 5.44. The first-order valence-electron chi connectivity index (χ1n) is 11.1. The second-order valence-corrected chi connectivity index (χ2v) is 8.19. The summed E-state index contributed by atoms with van der Waals surface area (Å²) in [5.74, 6) is 0. The van der Waals surface area contributed by atoms with Gasteiger partial charge < -0.3 is 0 Å². The van der Waals surface area contributed by atoms with Crippen LogP contribution in [0, 0.1) is 0 Å². The highest BCUT2D eigenvalue weighted by molar-refractivity contribution is 5.72. The lowest BCUT2D eigenvalue weighted by Gasteiger charge is -2.21. The van der Waals surface area contributed by atoms with E-state index in [0.29, 0.717) is 0 Å². The minimum absolute atomic E-state index is 1.02. The Hall–Kier alpha value is -3.19. The number of pyridine rings is 1. The fourth-order valence-electron chi connectivity index (χ4n) is 4.79. The summed E-state index contributed by atoms with van der Waals surface area (Å²) in [6.07, 6.45) is 5.98. The molecule has 148 valence electrons. The second kappa shape index (κ2) is 8.67. The van der Waals surface area contributed by atoms with Gasteiger partial charge in [0.1, 0.15) is 0 Å². The van der Waals surface area contributed by atoms with Crippen molar-refractivity contribution in [3.05, 3.63) is 114 Å². The van der Waals surface area contributed by atoms with Crippen molar-refractivity contribution >= 4 is 0 Å². The highest BCUT2D eigenvalue weighted by Crippen LogP contribution is 2.33. The number of nitrogens with zero attached hydrogens (tertiary/aromatic N) is 1. The third-order valence-corrected chi connectivity index (χ3v) is 6.28. The van der Waals surface area contributed by atoms with Crippen LogP contribution in [0.15, 0.2) is 97.1 Å². The van der Waals surface area contributed by atoms with Gasteiger partial charge in [0.05, 0.1) is 0 Å². The summed E-state index contributed by atoms with van der Waals surface area (Å²) in [7, 11) is 0. The minimum Gasteiger partial charge on any atom is -0.195 e. The van der Waals surface area contributed by atoms with Crippen molar-refractivity contribution in [2.24, 2.45) is 0 Å². The summed E-state index contributed by atoms with van der Waals surface area (Å²) >= 11 is 0. The van der Waals surface area contributed by atoms with Gasteiger partial charge in [-0.3, -0.25) is 0 Å². The molecule has 0 atom stereocenters. The number of hydrogen-bond acceptors (Lipinski definition) is 0. The molecule has 30 heavy (non-hydrogen) atoms. The Balaban J connectivity index is 1.68. The van der Waals surface area contributed by atoms with Crippen molar-refractivity contribution in [3.8, 4) is 22.4 Å². The number of hydrogen-bond donors (Lipinski definition) is 0. The van der Waals surface area contributed by atoms with Gasteiger partial charge in [0.2, 0.25) is 5.69 Å². The number of fused-ring (bicyclic) bond motifs is 1. The van der Waals surface area contributed by atoms with Crippen molar-refractivity contribution in [2.75, 3.05) is 0 Å². The molecule has 1 aromatic heterocycles. The predicted molar refractivity (Wildman–Crippen MR) is 124 cm³/mol. The zero-order valence-corrected chi connectivity index (χ0v) is 17.4. The molecule has 0 saturated heterocycles. The number of aromatic nitrogens is 1. The Morgan fingerprint density at radius 2 is 1.23 bits per heavy atom. The van der Waals surface area contributed by atoms with Crippen molar-refractivity contribution in [1.29, 1.82) is 0 Å². The summed E-state index contributed by atoms with van der Waals surface area (Å²) < 4.78 is 2.61. The topological polar surface area (TPSA) is 3.88 Å². The van der Waals surface area contributed by atoms with Gasteiger partial charge in [-0.2, -0.15) is 4.57 Å². The summed E-state index contributed by atoms with van der Waals surface area (Å²) in [6.45, 7) is 1.02. The number of benzene rings is 3. The summed E-state index contributed by atoms with van der Waals surface area (Å²) in [5.41, 5.74) is 9.89. The zero-order chi connectivity index (χ0) is 20.2. The standard InChI is InChI=1S/C29H28N/c1-4-12-23(13-5-1)20-21-30-28-19-11-10-18-26(28)27(24-14-6-2-7-15-24)22-29(30)25-16-8-3-9-17-25/h1-9,12-17,22H,10-11,18-21H2/q+1. The Bertz CT molecular complexity index is 1120. The first-order valence-corrected chi connectivity index (χ1v) is 11.1. The zero-order valence-electron chi connectivity index (χ0n) is 17.4. The van der Waals surface area contributed by atoms with Crippen LogP contribution in [0.1, 0.15) is 29.7 Å². The lowest BCUT2D eigenvalue weighted by molar-refractivity contribution is -0.693. The predicted octanol–water partition coefficient (Wildman–Crippen LogP) is 6.43. The highest BCUT2D eigenvalue weighted by atomic mass is 15.0. The molecule has 0 radical (unpaired) electrons. The summed E-state index contributed by atoms with van der Waals surface area (Å²) in [5, 5.41) is 0. The SMILES string of the molecule is c1ccc(CC[n+]2c(-c3ccccc3)cc(-c3ccccc3)c3c2CCCC3)cc1. The van der Waals surface area contributed by atoms with Crippen LogP contribution in [0.2, 0.25) is 0 Å². The van der Waals surface area contributed by atoms with Gasteiger partial charge >= 0.3 is 0 Å². The third-order valence-electron chi connectivity index (χ3n) is 6.28. The van der Waals surface area contributed by atoms with E-state index in [-0.39, 0.29) is 0 Å². The van der Waals surface area contributed by atoms with Crippen LogP contribution < -0.4 is 4.57 Å². The van der Waals surface area contributed by atoms with E-state index in [9.17, 15) is 0 Å². The normalized spacial score (nSPS) is 13.1. The molecule has 0 bridgehead atoms. The van der Waals surface area contributed by atoms with Crippen molar-refractivity contribution in [2.45, 2.75) is 38.6 Å². The maximum absolute atomic E-state index is 2.61. The Labute approximate surface area is 179 Å². The highest BCUT2D eigenvalue weighted by Gasteiger charge is 2.28. The van der Waals surface area contributed by atoms with Gasteiger partial charge in [0.25, 0.3) is 0 Å². The van der Waals surface area contributed by atoms with E-state index in [4.69, 9.17) is 0 Å². The van der Waals surface area contributed by atoms with Crippen LogP contribution in [0.5, 0.6) is 0 Å². The van der Waals surface area contributed by atoms with Gasteiger partial charge in [-0.1, -0.05) is 78.9 Å². The van der Waals surface area contributed by atoms with Crippen LogP contribution in [0.4, 0.5) is 0 Å². The van der Waals surface area contributed by atoms with E-state index >= 15 is 0 Å². The lowest BCUT2D eigenvalue weighted by Crippen LogP contribution is -2.44. The van der Waals surface area contributed by atoms with E-state index in [1.807, 2.05) is 0 Å². The van der Waals surface area contributed by atoms with Gasteiger partial charge in [-0.15, -0.1) is 0 Å². The molecule has 1 aliphatic carbocycles. The maximum Gasteiger partial charge on any atom is 0.213 e. The maximum atomic E-state index is 2.61. The van der Waals surface area contributed by atoms with Gasteiger partial charge in [-0.05, 0) is 48.1 Å². The van der Waals surface area contributed by atoms with Crippen molar-refractivity contribution in [1.82, 2.24) is 0 Å². The van der Waals surface area contributed by atoms with Gasteiger partial charge in [0, 0.05) is 30.0 Å². The van der Waals surface area contributed by atoms with Crippen LogP contribution in [0.25, 0.3) is 22.4 Å². The molecule has 0 fully saturated rings. The Morgan fingerprint density at radius 1 is 0.633 bits per heavy atom. The minimum atomic E-state index is 1.02. The van der Waals surface area contributed by atoms with Crippen molar-refractivity contribution < 1.29 is 4.57 Å². The van der Waals surface area contributed by atoms with Crippen LogP contribution in [-0.2, 0) is 25.8 Å². The van der Waals surface area contributed by atoms with Crippen LogP contribution in [-0.4, -0.2) is 0 Å². The molecule has 0 N–H and O–H groups in total. The molecule has 0 aliphatic heterocycles. The molecule has 0 amide bonds. The fraction of sp³-hybridized carbons (Fsp3) is 0.207. The summed E-state index contributed by atoms with van der Waals surface area (Å²) in [4.78, 5) is 0. The van der Waals surface area contributed by atoms with Crippen LogP contribution in [0.3, 0.4) is 0 Å². The molecule has 5 rings (SSSR count). The van der Waals surface area contributed by atoms with Crippen LogP contribution >= 0.6 is 0 Å². The molecule has 1 heterocycles. The number of rotatable bonds is 5. The molecular weight excluding hydrogens is 362 g/mol. The summed E-state index contributed by atoms with van der Waals surface area (Å²) in [6, 6.07) is 35.2. The van der Waals surface area contributed by atoms with E-state index in [1.165, 1.54) is 59.3 Å². The molecule has 0 unspecified atom stereocenters. The van der Waals surface area contributed by atoms with Gasteiger partial charge in [-0.25, -0.2) is 0 Å². The van der Waals surface area contributed by atoms with Gasteiger partial charge in [0.15, 0.2) is 12.2 Å². The quantitative estimate of drug-likeness (QED) is 0.346. The smallest absolute Gasteiger partial charge is 0.195 e. The average molecular weight is 391 g/mol. The Morgan fingerprint density at radius 3 is 1.93 bits per heavy atom. The molecule has 1 heteroatoms. The largest absolute Gasteiger partial charge is 0.213 e. The lowest BCUT2D eigenvalue weighted by atomic mass is 9.87. The first kappa shape index (κ1) is 18.8. The third kappa shape index (κ3) is 3.80. The van der Waals surface area contributed by atoms with E-state index in [2.05, 4.69) is 102 Å². The molecule has 4 aromatic rings. The molecule has 0 saturated carbocycles. The second-order valence-electron chi connectivity index (χ2n) is 8.19.